The Morgan fingerprint density at radius 1 is 1.06 bits per heavy atom. The number of Topliss-reactive ketones (excluding diaryl/α,β-unsaturated/α-hetero) is 1. The number of fused-ring (bicyclic) bond motifs is 1. The van der Waals surface area contributed by atoms with Gasteiger partial charge in [0.2, 0.25) is 5.91 Å². The first-order chi connectivity index (χ1) is 16.1. The highest BCUT2D eigenvalue weighted by atomic mass is 16.1. The van der Waals surface area contributed by atoms with Crippen molar-refractivity contribution in [3.8, 4) is 11.3 Å². The van der Waals surface area contributed by atoms with Gasteiger partial charge in [-0.2, -0.15) is 0 Å². The van der Waals surface area contributed by atoms with Crippen molar-refractivity contribution in [3.05, 3.63) is 66.6 Å². The van der Waals surface area contributed by atoms with Gasteiger partial charge in [-0.1, -0.05) is 53.1 Å². The Labute approximate surface area is 191 Å². The molecule has 0 unspecified atom stereocenters. The number of hydrogen-bond donors (Lipinski definition) is 3. The molecular formula is C24H28N7O2+. The number of amides is 1. The van der Waals surface area contributed by atoms with Crippen LogP contribution in [0.5, 0.6) is 0 Å². The molecule has 4 aromatic rings. The lowest BCUT2D eigenvalue weighted by molar-refractivity contribution is -0.580. The standard InChI is InChI=1S/C24H27N7O2/c1-17(32)8-4-2-7-11-20(23-25-14-21(30-23)19-9-5-3-6-10-19)29-22(33)12-18-13-26-24-27-16-28-31(24)15-18/h3,5-6,9-10,13-16,20H,2,4,7-8,11-12H2,1H3,(H2,25,29,30,33)/p+1/t20-/m0/s1. The van der Waals surface area contributed by atoms with Gasteiger partial charge in [-0.15, -0.1) is 4.52 Å². The number of imidazole rings is 1. The van der Waals surface area contributed by atoms with Crippen LogP contribution in [0.15, 0.2) is 55.2 Å². The van der Waals surface area contributed by atoms with Gasteiger partial charge in [-0.05, 0) is 25.3 Å². The third-order valence-corrected chi connectivity index (χ3v) is 5.46. The number of carbonyl (C=O) groups is 2. The molecule has 0 aliphatic rings. The first kappa shape index (κ1) is 22.3. The lowest BCUT2D eigenvalue weighted by Gasteiger charge is -2.17. The quantitative estimate of drug-likeness (QED) is 0.242. The largest absolute Gasteiger partial charge is 0.456 e. The van der Waals surface area contributed by atoms with Crippen LogP contribution in [0.25, 0.3) is 17.0 Å². The van der Waals surface area contributed by atoms with Gasteiger partial charge in [0.15, 0.2) is 6.33 Å². The summed E-state index contributed by atoms with van der Waals surface area (Å²) in [4.78, 5) is 40.3. The molecule has 3 N–H and O–H groups in total. The molecule has 3 heterocycles. The molecule has 4 rings (SSSR count). The average Bonchev–Trinajstić information content (AvgIpc) is 3.48. The molecule has 3 aromatic heterocycles. The predicted octanol–water partition coefficient (Wildman–Crippen LogP) is 2.87. The number of H-pyrrole nitrogens is 2. The molecule has 9 nitrogen and oxygen atoms in total. The van der Waals surface area contributed by atoms with Crippen molar-refractivity contribution < 1.29 is 14.1 Å². The maximum Gasteiger partial charge on any atom is 0.456 e. The van der Waals surface area contributed by atoms with Gasteiger partial charge in [0.25, 0.3) is 0 Å². The van der Waals surface area contributed by atoms with Gasteiger partial charge in [-0.3, -0.25) is 4.79 Å². The highest BCUT2D eigenvalue weighted by molar-refractivity contribution is 5.78. The summed E-state index contributed by atoms with van der Waals surface area (Å²) in [5, 5.41) is 6.06. The summed E-state index contributed by atoms with van der Waals surface area (Å²) in [6, 6.07) is 9.72. The number of rotatable bonds is 11. The molecule has 0 saturated heterocycles. The number of unbranched alkanes of at least 4 members (excludes halogenated alkanes) is 2. The molecular weight excluding hydrogens is 418 g/mol. The topological polar surface area (TPSA) is 121 Å². The summed E-state index contributed by atoms with van der Waals surface area (Å²) >= 11 is 0. The van der Waals surface area contributed by atoms with E-state index < -0.39 is 0 Å². The number of benzene rings is 1. The van der Waals surface area contributed by atoms with Gasteiger partial charge < -0.3 is 15.1 Å². The van der Waals surface area contributed by atoms with Gasteiger partial charge in [0, 0.05) is 12.0 Å². The fourth-order valence-electron chi connectivity index (χ4n) is 3.78. The first-order valence-corrected chi connectivity index (χ1v) is 11.2. The van der Waals surface area contributed by atoms with Crippen LogP contribution in [0, 0.1) is 0 Å². The number of aromatic nitrogens is 6. The maximum atomic E-state index is 12.9. The van der Waals surface area contributed by atoms with Crippen molar-refractivity contribution >= 4 is 17.5 Å². The molecule has 1 amide bonds. The molecule has 0 aliphatic heterocycles. The van der Waals surface area contributed by atoms with Crippen LogP contribution in [0.1, 0.15) is 56.5 Å². The number of aromatic amines is 2. The number of ketones is 1. The summed E-state index contributed by atoms with van der Waals surface area (Å²) in [7, 11) is 0. The van der Waals surface area contributed by atoms with E-state index in [1.54, 1.807) is 30.2 Å². The minimum atomic E-state index is -0.246. The van der Waals surface area contributed by atoms with Gasteiger partial charge in [0.05, 0.1) is 30.6 Å². The molecule has 0 fully saturated rings. The molecule has 0 spiro atoms. The van der Waals surface area contributed by atoms with Crippen molar-refractivity contribution in [1.29, 1.82) is 0 Å². The van der Waals surface area contributed by atoms with E-state index in [9.17, 15) is 9.59 Å². The second kappa shape index (κ2) is 10.6. The van der Waals surface area contributed by atoms with Crippen molar-refractivity contribution in [2.45, 2.75) is 51.5 Å². The SMILES string of the molecule is CC(=O)CCCCC[C@H](NC(=O)Cc1cnc2nc[nH][n+]2c1)c1ncc(-c2ccccc2)[nH]1. The zero-order valence-corrected chi connectivity index (χ0v) is 18.6. The van der Waals surface area contributed by atoms with Crippen LogP contribution in [0.4, 0.5) is 0 Å². The van der Waals surface area contributed by atoms with E-state index in [4.69, 9.17) is 0 Å². The smallest absolute Gasteiger partial charge is 0.346 e. The van der Waals surface area contributed by atoms with Gasteiger partial charge in [0.1, 0.15) is 17.8 Å². The Morgan fingerprint density at radius 2 is 1.91 bits per heavy atom. The Bertz CT molecular complexity index is 1220. The van der Waals surface area contributed by atoms with Gasteiger partial charge >= 0.3 is 5.78 Å². The Hall–Kier alpha value is -3.88. The van der Waals surface area contributed by atoms with E-state index in [1.165, 1.54) is 0 Å². The van der Waals surface area contributed by atoms with E-state index in [1.807, 2.05) is 36.5 Å². The summed E-state index contributed by atoms with van der Waals surface area (Å²) in [6.45, 7) is 1.62. The van der Waals surface area contributed by atoms with E-state index >= 15 is 0 Å². The molecule has 9 heteroatoms. The third-order valence-electron chi connectivity index (χ3n) is 5.46. The Balaban J connectivity index is 1.44. The average molecular weight is 447 g/mol. The third kappa shape index (κ3) is 6.09. The van der Waals surface area contributed by atoms with E-state index in [0.29, 0.717) is 12.2 Å². The van der Waals surface area contributed by atoms with Crippen molar-refractivity contribution in [1.82, 2.24) is 30.4 Å². The van der Waals surface area contributed by atoms with Crippen LogP contribution in [0.2, 0.25) is 0 Å². The Morgan fingerprint density at radius 3 is 2.73 bits per heavy atom. The van der Waals surface area contributed by atoms with E-state index in [2.05, 4.69) is 30.4 Å². The highest BCUT2D eigenvalue weighted by Crippen LogP contribution is 2.22. The fourth-order valence-corrected chi connectivity index (χ4v) is 3.78. The lowest BCUT2D eigenvalue weighted by atomic mass is 10.1. The summed E-state index contributed by atoms with van der Waals surface area (Å²) in [5.74, 6) is 1.37. The monoisotopic (exact) mass is 446 g/mol. The predicted molar refractivity (Wildman–Crippen MR) is 122 cm³/mol. The first-order valence-electron chi connectivity index (χ1n) is 11.2. The van der Waals surface area contributed by atoms with Crippen molar-refractivity contribution in [2.75, 3.05) is 0 Å². The number of nitrogens with one attached hydrogen (secondary N) is 3. The van der Waals surface area contributed by atoms with E-state index in [0.717, 1.165) is 48.3 Å². The molecule has 0 aliphatic carbocycles. The minimum Gasteiger partial charge on any atom is -0.346 e. The normalized spacial score (nSPS) is 12.0. The molecule has 0 bridgehead atoms. The molecule has 1 aromatic carbocycles. The number of nitrogens with zero attached hydrogens (tertiary/aromatic N) is 4. The summed E-state index contributed by atoms with van der Waals surface area (Å²) < 4.78 is 1.67. The highest BCUT2D eigenvalue weighted by Gasteiger charge is 2.19. The molecule has 170 valence electrons. The second-order valence-electron chi connectivity index (χ2n) is 8.17. The zero-order chi connectivity index (χ0) is 23.0. The van der Waals surface area contributed by atoms with Crippen molar-refractivity contribution in [2.24, 2.45) is 0 Å². The number of hydrogen-bond acceptors (Lipinski definition) is 5. The fraction of sp³-hybridized carbons (Fsp3) is 0.333. The molecule has 0 radical (unpaired) electrons. The van der Waals surface area contributed by atoms with Crippen LogP contribution < -0.4 is 9.83 Å². The lowest BCUT2D eigenvalue weighted by Crippen LogP contribution is -2.32. The second-order valence-corrected chi connectivity index (χ2v) is 8.17. The van der Waals surface area contributed by atoms with E-state index in [-0.39, 0.29) is 24.2 Å². The molecule has 33 heavy (non-hydrogen) atoms. The van der Waals surface area contributed by atoms with Crippen LogP contribution in [0.3, 0.4) is 0 Å². The van der Waals surface area contributed by atoms with Gasteiger partial charge in [-0.25, -0.2) is 10.1 Å². The maximum absolute atomic E-state index is 12.9. The van der Waals surface area contributed by atoms with Crippen LogP contribution in [-0.2, 0) is 16.0 Å². The minimum absolute atomic E-state index is 0.109. The zero-order valence-electron chi connectivity index (χ0n) is 18.6. The Kier molecular flexibility index (Phi) is 7.19. The summed E-state index contributed by atoms with van der Waals surface area (Å²) in [6.07, 6.45) is 11.0. The summed E-state index contributed by atoms with van der Waals surface area (Å²) in [5.41, 5.74) is 2.73. The molecule has 0 saturated carbocycles. The van der Waals surface area contributed by atoms with Crippen LogP contribution in [-0.4, -0.2) is 36.7 Å². The molecule has 1 atom stereocenters. The van der Waals surface area contributed by atoms with Crippen molar-refractivity contribution in [3.63, 3.8) is 0 Å². The number of carbonyl (C=O) groups excluding carboxylic acids is 2. The van der Waals surface area contributed by atoms with Crippen LogP contribution >= 0.6 is 0 Å².